The summed E-state index contributed by atoms with van der Waals surface area (Å²) in [7, 11) is 5.88. The van der Waals surface area contributed by atoms with Crippen molar-refractivity contribution in [3.63, 3.8) is 0 Å². The summed E-state index contributed by atoms with van der Waals surface area (Å²) in [5.74, 6) is -0.0284. The Morgan fingerprint density at radius 2 is 1.33 bits per heavy atom. The molecule has 0 aromatic heterocycles. The zero-order chi connectivity index (χ0) is 16.7. The van der Waals surface area contributed by atoms with E-state index in [1.165, 1.54) is 0 Å². The molecule has 0 atom stereocenters. The lowest BCUT2D eigenvalue weighted by Gasteiger charge is -2.11. The maximum Gasteiger partial charge on any atom is 0.178 e. The van der Waals surface area contributed by atoms with Gasteiger partial charge in [-0.25, -0.2) is 0 Å². The highest BCUT2D eigenvalue weighted by Gasteiger charge is 1.95. The van der Waals surface area contributed by atoms with Crippen molar-refractivity contribution < 1.29 is 4.79 Å². The highest BCUT2D eigenvalue weighted by molar-refractivity contribution is 6.04. The summed E-state index contributed by atoms with van der Waals surface area (Å²) in [6, 6.07) is 16.0. The van der Waals surface area contributed by atoms with Gasteiger partial charge >= 0.3 is 0 Å². The van der Waals surface area contributed by atoms with Crippen LogP contribution in [0.25, 0.3) is 12.2 Å². The average molecular weight is 322 g/mol. The molecular formula is C21H26N2O. The number of carbonyl (C=O) groups is 1. The summed E-state index contributed by atoms with van der Waals surface area (Å²) in [5.41, 5.74) is 4.20. The molecule has 0 amide bonds. The zero-order valence-corrected chi connectivity index (χ0v) is 13.8. The van der Waals surface area contributed by atoms with Crippen LogP contribution in [0.2, 0.25) is 0 Å². The minimum absolute atomic E-state index is 0. The molecule has 0 radical (unpaired) electrons. The van der Waals surface area contributed by atoms with Gasteiger partial charge in [0, 0.05) is 32.5 Å². The monoisotopic (exact) mass is 322 g/mol. The minimum Gasteiger partial charge on any atom is -0.388 e. The Labute approximate surface area is 145 Å². The molecule has 0 bridgehead atoms. The number of nitrogens with zero attached hydrogens (tertiary/aromatic N) is 1. The summed E-state index contributed by atoms with van der Waals surface area (Å²) >= 11 is 0. The van der Waals surface area contributed by atoms with Crippen LogP contribution in [0.1, 0.15) is 18.6 Å². The summed E-state index contributed by atoms with van der Waals surface area (Å²) in [6.45, 7) is 0. The van der Waals surface area contributed by atoms with Gasteiger partial charge in [0.15, 0.2) is 5.78 Å². The standard InChI is InChI=1S/C20H22N2O.CH4/c1-21-18-10-4-16(5-11-18)8-14-20(23)15-9-17-6-12-19(13-7-17)22(2)3;/h4-15,21H,1-3H3;1H4/b14-8+,15-9+;. The van der Waals surface area contributed by atoms with Crippen LogP contribution < -0.4 is 10.2 Å². The van der Waals surface area contributed by atoms with Crippen LogP contribution >= 0.6 is 0 Å². The van der Waals surface area contributed by atoms with Gasteiger partial charge in [0.2, 0.25) is 0 Å². The van der Waals surface area contributed by atoms with E-state index in [0.717, 1.165) is 22.5 Å². The van der Waals surface area contributed by atoms with E-state index in [1.807, 2.05) is 86.7 Å². The predicted octanol–water partition coefficient (Wildman–Crippen LogP) is 4.73. The number of hydrogen-bond acceptors (Lipinski definition) is 3. The van der Waals surface area contributed by atoms with Gasteiger partial charge in [-0.15, -0.1) is 0 Å². The van der Waals surface area contributed by atoms with Crippen molar-refractivity contribution in [3.8, 4) is 0 Å². The van der Waals surface area contributed by atoms with E-state index >= 15 is 0 Å². The van der Waals surface area contributed by atoms with Gasteiger partial charge in [0.1, 0.15) is 0 Å². The number of benzene rings is 2. The van der Waals surface area contributed by atoms with E-state index in [2.05, 4.69) is 5.32 Å². The van der Waals surface area contributed by atoms with Crippen LogP contribution in [0.5, 0.6) is 0 Å². The molecule has 3 heteroatoms. The van der Waals surface area contributed by atoms with Crippen LogP contribution in [-0.2, 0) is 4.79 Å². The Kier molecular flexibility index (Phi) is 7.50. The Balaban J connectivity index is 0.00000288. The van der Waals surface area contributed by atoms with Gasteiger partial charge in [-0.1, -0.05) is 43.8 Å². The molecule has 2 aromatic carbocycles. The SMILES string of the molecule is C.CNc1ccc(/C=C/C(=O)/C=C/c2ccc(N(C)C)cc2)cc1. The van der Waals surface area contributed by atoms with Gasteiger partial charge < -0.3 is 10.2 Å². The maximum atomic E-state index is 11.9. The number of anilines is 2. The first-order valence-corrected chi connectivity index (χ1v) is 7.54. The molecule has 0 fully saturated rings. The van der Waals surface area contributed by atoms with Crippen LogP contribution in [0, 0.1) is 0 Å². The third-order valence-electron chi connectivity index (χ3n) is 3.49. The van der Waals surface area contributed by atoms with E-state index in [-0.39, 0.29) is 13.2 Å². The zero-order valence-electron chi connectivity index (χ0n) is 13.8. The number of rotatable bonds is 6. The van der Waals surface area contributed by atoms with E-state index in [4.69, 9.17) is 0 Å². The summed E-state index contributed by atoms with van der Waals surface area (Å²) < 4.78 is 0. The number of hydrogen-bond donors (Lipinski definition) is 1. The number of allylic oxidation sites excluding steroid dienone is 2. The lowest BCUT2D eigenvalue weighted by atomic mass is 10.1. The molecule has 2 aromatic rings. The number of carbonyl (C=O) groups excluding carboxylic acids is 1. The minimum atomic E-state index is -0.0284. The van der Waals surface area contributed by atoms with Crippen molar-refractivity contribution in [3.05, 3.63) is 71.8 Å². The van der Waals surface area contributed by atoms with Gasteiger partial charge in [-0.05, 0) is 47.5 Å². The lowest BCUT2D eigenvalue weighted by Crippen LogP contribution is -2.07. The van der Waals surface area contributed by atoms with Gasteiger partial charge in [0.05, 0.1) is 0 Å². The van der Waals surface area contributed by atoms with Crippen molar-refractivity contribution in [2.45, 2.75) is 7.43 Å². The average Bonchev–Trinajstić information content (AvgIpc) is 2.59. The molecule has 0 saturated carbocycles. The van der Waals surface area contributed by atoms with Crippen molar-refractivity contribution in [2.75, 3.05) is 31.4 Å². The van der Waals surface area contributed by atoms with Gasteiger partial charge in [-0.3, -0.25) is 4.79 Å². The second kappa shape index (κ2) is 9.36. The predicted molar refractivity (Wildman–Crippen MR) is 107 cm³/mol. The van der Waals surface area contributed by atoms with Crippen molar-refractivity contribution >= 4 is 29.3 Å². The summed E-state index contributed by atoms with van der Waals surface area (Å²) in [4.78, 5) is 13.9. The molecule has 2 rings (SSSR count). The summed E-state index contributed by atoms with van der Waals surface area (Å²) in [5, 5.41) is 3.06. The van der Waals surface area contributed by atoms with E-state index in [9.17, 15) is 4.79 Å². The van der Waals surface area contributed by atoms with E-state index in [1.54, 1.807) is 12.2 Å². The first-order chi connectivity index (χ1) is 11.1. The smallest absolute Gasteiger partial charge is 0.178 e. The Morgan fingerprint density at radius 1 is 0.875 bits per heavy atom. The topological polar surface area (TPSA) is 32.3 Å². The quantitative estimate of drug-likeness (QED) is 0.781. The molecule has 0 aliphatic carbocycles. The largest absolute Gasteiger partial charge is 0.388 e. The number of ketones is 1. The molecule has 0 aliphatic heterocycles. The third kappa shape index (κ3) is 5.76. The molecule has 24 heavy (non-hydrogen) atoms. The van der Waals surface area contributed by atoms with Crippen molar-refractivity contribution in [1.29, 1.82) is 0 Å². The fraction of sp³-hybridized carbons (Fsp3) is 0.190. The molecule has 1 N–H and O–H groups in total. The van der Waals surface area contributed by atoms with Crippen molar-refractivity contribution in [1.82, 2.24) is 0 Å². The molecule has 0 saturated heterocycles. The molecule has 0 aliphatic rings. The third-order valence-corrected chi connectivity index (χ3v) is 3.49. The van der Waals surface area contributed by atoms with Gasteiger partial charge in [-0.2, -0.15) is 0 Å². The van der Waals surface area contributed by atoms with Crippen LogP contribution in [0.15, 0.2) is 60.7 Å². The highest BCUT2D eigenvalue weighted by Crippen LogP contribution is 2.13. The van der Waals surface area contributed by atoms with E-state index in [0.29, 0.717) is 0 Å². The summed E-state index contributed by atoms with van der Waals surface area (Å²) in [6.07, 6.45) is 6.82. The Morgan fingerprint density at radius 3 is 1.75 bits per heavy atom. The van der Waals surface area contributed by atoms with E-state index < -0.39 is 0 Å². The Bertz CT molecular complexity index is 696. The molecule has 3 nitrogen and oxygen atoms in total. The highest BCUT2D eigenvalue weighted by atomic mass is 16.1. The maximum absolute atomic E-state index is 11.9. The number of nitrogens with one attached hydrogen (secondary N) is 1. The lowest BCUT2D eigenvalue weighted by molar-refractivity contribution is -0.110. The first kappa shape index (κ1) is 19.2. The van der Waals surface area contributed by atoms with Crippen LogP contribution in [0.3, 0.4) is 0 Å². The second-order valence-corrected chi connectivity index (χ2v) is 5.43. The van der Waals surface area contributed by atoms with Gasteiger partial charge in [0.25, 0.3) is 0 Å². The normalized spacial score (nSPS) is 10.6. The first-order valence-electron chi connectivity index (χ1n) is 7.54. The molecule has 0 heterocycles. The molecule has 126 valence electrons. The Hall–Kier alpha value is -2.81. The molecule has 0 unspecified atom stereocenters. The fourth-order valence-corrected chi connectivity index (χ4v) is 2.06. The molecular weight excluding hydrogens is 296 g/mol. The van der Waals surface area contributed by atoms with Crippen molar-refractivity contribution in [2.24, 2.45) is 0 Å². The van der Waals surface area contributed by atoms with Crippen LogP contribution in [-0.4, -0.2) is 26.9 Å². The fourth-order valence-electron chi connectivity index (χ4n) is 2.06. The molecule has 0 spiro atoms. The van der Waals surface area contributed by atoms with Crippen LogP contribution in [0.4, 0.5) is 11.4 Å². The second-order valence-electron chi connectivity index (χ2n) is 5.43.